The molecule has 1 saturated carbocycles. The summed E-state index contributed by atoms with van der Waals surface area (Å²) in [4.78, 5) is 14.2. The highest BCUT2D eigenvalue weighted by molar-refractivity contribution is 5.87. The molecule has 0 unspecified atom stereocenters. The van der Waals surface area contributed by atoms with E-state index in [-0.39, 0.29) is 17.6 Å². The second kappa shape index (κ2) is 3.88. The SMILES string of the molecule is C=C(C)C1=C(C)N(C)[C@@H](C2(OC)CC2)C(=O)N1. The van der Waals surface area contributed by atoms with Gasteiger partial charge in [0, 0.05) is 19.9 Å². The number of ether oxygens (including phenoxy) is 1. The third-order valence-corrected chi connectivity index (χ3v) is 3.85. The molecule has 1 amide bonds. The molecule has 94 valence electrons. The van der Waals surface area contributed by atoms with Crippen LogP contribution in [-0.2, 0) is 9.53 Å². The van der Waals surface area contributed by atoms with E-state index >= 15 is 0 Å². The minimum atomic E-state index is -0.291. The van der Waals surface area contributed by atoms with Gasteiger partial charge in [0.2, 0.25) is 5.91 Å². The van der Waals surface area contributed by atoms with Crippen molar-refractivity contribution >= 4 is 5.91 Å². The zero-order valence-electron chi connectivity index (χ0n) is 11.0. The normalized spacial score (nSPS) is 26.9. The highest BCUT2D eigenvalue weighted by Crippen LogP contribution is 2.45. The van der Waals surface area contributed by atoms with Gasteiger partial charge in [-0.2, -0.15) is 0 Å². The summed E-state index contributed by atoms with van der Waals surface area (Å²) in [6, 6.07) is -0.226. The van der Waals surface area contributed by atoms with Crippen LogP contribution in [0.4, 0.5) is 0 Å². The molecule has 0 aromatic carbocycles. The van der Waals surface area contributed by atoms with Gasteiger partial charge < -0.3 is 15.0 Å². The summed E-state index contributed by atoms with van der Waals surface area (Å²) in [6.45, 7) is 7.79. The molecule has 4 nitrogen and oxygen atoms in total. The van der Waals surface area contributed by atoms with Gasteiger partial charge in [-0.15, -0.1) is 0 Å². The monoisotopic (exact) mass is 236 g/mol. The van der Waals surface area contributed by atoms with E-state index in [0.29, 0.717) is 0 Å². The van der Waals surface area contributed by atoms with E-state index in [2.05, 4.69) is 11.9 Å². The third-order valence-electron chi connectivity index (χ3n) is 3.85. The van der Waals surface area contributed by atoms with Crippen LogP contribution in [0.1, 0.15) is 26.7 Å². The van der Waals surface area contributed by atoms with Gasteiger partial charge in [0.15, 0.2) is 0 Å². The number of methoxy groups -OCH3 is 1. The number of nitrogens with zero attached hydrogens (tertiary/aromatic N) is 1. The van der Waals surface area contributed by atoms with Crippen molar-refractivity contribution in [1.29, 1.82) is 0 Å². The van der Waals surface area contributed by atoms with E-state index in [9.17, 15) is 4.79 Å². The number of amides is 1. The standard InChI is InChI=1S/C13H20N2O2/c1-8(2)10-9(3)15(4)11(12(16)14-10)13(17-5)6-7-13/h11H,1,6-7H2,2-5H3,(H,14,16)/t11-/m1/s1. The number of carbonyl (C=O) groups excluding carboxylic acids is 1. The maximum Gasteiger partial charge on any atom is 0.250 e. The van der Waals surface area contributed by atoms with Gasteiger partial charge in [0.05, 0.1) is 11.3 Å². The van der Waals surface area contributed by atoms with Crippen LogP contribution >= 0.6 is 0 Å². The highest BCUT2D eigenvalue weighted by atomic mass is 16.5. The molecule has 0 saturated heterocycles. The predicted octanol–water partition coefficient (Wildman–Crippen LogP) is 1.40. The molecule has 1 atom stereocenters. The fraction of sp³-hybridized carbons (Fsp3) is 0.615. The van der Waals surface area contributed by atoms with Gasteiger partial charge >= 0.3 is 0 Å². The van der Waals surface area contributed by atoms with Crippen LogP contribution in [0.25, 0.3) is 0 Å². The first-order valence-electron chi connectivity index (χ1n) is 5.88. The molecule has 1 heterocycles. The Morgan fingerprint density at radius 3 is 2.59 bits per heavy atom. The van der Waals surface area contributed by atoms with Crippen LogP contribution in [0.5, 0.6) is 0 Å². The van der Waals surface area contributed by atoms with Gasteiger partial charge in [-0.05, 0) is 32.3 Å². The van der Waals surface area contributed by atoms with E-state index in [1.54, 1.807) is 7.11 Å². The summed E-state index contributed by atoms with van der Waals surface area (Å²) in [5.41, 5.74) is 2.47. The first kappa shape index (κ1) is 12.2. The average molecular weight is 236 g/mol. The molecule has 4 heteroatoms. The van der Waals surface area contributed by atoms with Crippen molar-refractivity contribution in [3.8, 4) is 0 Å². The topological polar surface area (TPSA) is 41.6 Å². The van der Waals surface area contributed by atoms with Crippen LogP contribution < -0.4 is 5.32 Å². The number of hydrogen-bond acceptors (Lipinski definition) is 3. The summed E-state index contributed by atoms with van der Waals surface area (Å²) in [6.07, 6.45) is 1.89. The zero-order valence-corrected chi connectivity index (χ0v) is 11.0. The lowest BCUT2D eigenvalue weighted by Gasteiger charge is -2.40. The van der Waals surface area contributed by atoms with E-state index in [1.165, 1.54) is 0 Å². The quantitative estimate of drug-likeness (QED) is 0.805. The van der Waals surface area contributed by atoms with Crippen LogP contribution in [-0.4, -0.2) is 36.6 Å². The first-order chi connectivity index (χ1) is 7.93. The molecular weight excluding hydrogens is 216 g/mol. The van der Waals surface area contributed by atoms with E-state index in [0.717, 1.165) is 29.8 Å². The molecule has 0 aromatic rings. The molecule has 0 bridgehead atoms. The predicted molar refractivity (Wildman–Crippen MR) is 66.2 cm³/mol. The number of allylic oxidation sites excluding steroid dienone is 2. The molecule has 2 aliphatic rings. The summed E-state index contributed by atoms with van der Waals surface area (Å²) in [5.74, 6) is 0.00968. The van der Waals surface area contributed by atoms with Gasteiger partial charge in [0.25, 0.3) is 0 Å². The molecule has 2 rings (SSSR count). The third kappa shape index (κ3) is 1.76. The summed E-state index contributed by atoms with van der Waals surface area (Å²) in [7, 11) is 3.63. The van der Waals surface area contributed by atoms with Crippen molar-refractivity contribution in [3.05, 3.63) is 23.5 Å². The lowest BCUT2D eigenvalue weighted by Crippen LogP contribution is -2.57. The molecule has 0 aromatic heterocycles. The van der Waals surface area contributed by atoms with Crippen molar-refractivity contribution in [2.45, 2.75) is 38.3 Å². The fourth-order valence-corrected chi connectivity index (χ4v) is 2.55. The molecule has 1 aliphatic heterocycles. The summed E-state index contributed by atoms with van der Waals surface area (Å²) < 4.78 is 5.53. The van der Waals surface area contributed by atoms with E-state index in [1.807, 2.05) is 25.8 Å². The Hall–Kier alpha value is -1.29. The Labute approximate surface area is 102 Å². The molecule has 0 spiro atoms. The second-order valence-electron chi connectivity index (χ2n) is 5.01. The average Bonchev–Trinajstić information content (AvgIpc) is 3.04. The van der Waals surface area contributed by atoms with Crippen molar-refractivity contribution in [2.75, 3.05) is 14.2 Å². The molecular formula is C13H20N2O2. The van der Waals surface area contributed by atoms with Crippen molar-refractivity contribution < 1.29 is 9.53 Å². The molecule has 1 aliphatic carbocycles. The maximum atomic E-state index is 12.2. The van der Waals surface area contributed by atoms with Gasteiger partial charge in [-0.1, -0.05) is 6.58 Å². The van der Waals surface area contributed by atoms with Crippen LogP contribution in [0, 0.1) is 0 Å². The zero-order chi connectivity index (χ0) is 12.8. The Bertz CT molecular complexity index is 408. The van der Waals surface area contributed by atoms with Gasteiger partial charge in [0.1, 0.15) is 6.04 Å². The second-order valence-corrected chi connectivity index (χ2v) is 5.01. The number of carbonyl (C=O) groups is 1. The minimum absolute atomic E-state index is 0.00968. The van der Waals surface area contributed by atoms with Crippen molar-refractivity contribution in [1.82, 2.24) is 10.2 Å². The number of likely N-dealkylation sites (N-methyl/N-ethyl adjacent to an activating group) is 1. The number of hydrogen-bond donors (Lipinski definition) is 1. The summed E-state index contributed by atoms with van der Waals surface area (Å²) >= 11 is 0. The Kier molecular flexibility index (Phi) is 2.78. The lowest BCUT2D eigenvalue weighted by molar-refractivity contribution is -0.132. The molecule has 1 fully saturated rings. The highest BCUT2D eigenvalue weighted by Gasteiger charge is 2.56. The van der Waals surface area contributed by atoms with Crippen LogP contribution in [0.2, 0.25) is 0 Å². The Morgan fingerprint density at radius 2 is 2.18 bits per heavy atom. The Morgan fingerprint density at radius 1 is 1.59 bits per heavy atom. The van der Waals surface area contributed by atoms with Gasteiger partial charge in [-0.25, -0.2) is 0 Å². The van der Waals surface area contributed by atoms with Crippen LogP contribution in [0.15, 0.2) is 23.5 Å². The fourth-order valence-electron chi connectivity index (χ4n) is 2.55. The lowest BCUT2D eigenvalue weighted by atomic mass is 10.0. The van der Waals surface area contributed by atoms with Crippen LogP contribution in [0.3, 0.4) is 0 Å². The number of nitrogens with one attached hydrogen (secondary N) is 1. The molecule has 17 heavy (non-hydrogen) atoms. The number of rotatable bonds is 3. The van der Waals surface area contributed by atoms with Gasteiger partial charge in [-0.3, -0.25) is 4.79 Å². The molecule has 1 N–H and O–H groups in total. The minimum Gasteiger partial charge on any atom is -0.376 e. The maximum absolute atomic E-state index is 12.2. The summed E-state index contributed by atoms with van der Waals surface area (Å²) in [5, 5.41) is 2.95. The first-order valence-corrected chi connectivity index (χ1v) is 5.88. The van der Waals surface area contributed by atoms with E-state index < -0.39 is 0 Å². The Balaban J connectivity index is 2.35. The largest absolute Gasteiger partial charge is 0.376 e. The van der Waals surface area contributed by atoms with Crippen molar-refractivity contribution in [3.63, 3.8) is 0 Å². The molecule has 0 radical (unpaired) electrons. The van der Waals surface area contributed by atoms with Crippen molar-refractivity contribution in [2.24, 2.45) is 0 Å². The van der Waals surface area contributed by atoms with E-state index in [4.69, 9.17) is 4.74 Å². The smallest absolute Gasteiger partial charge is 0.250 e.